The van der Waals surface area contributed by atoms with Crippen LogP contribution in [0.15, 0.2) is 51.2 Å². The lowest BCUT2D eigenvalue weighted by Crippen LogP contribution is -2.45. The molecule has 4 N–H and O–H groups in total. The van der Waals surface area contributed by atoms with Crippen LogP contribution in [-0.2, 0) is 9.53 Å². The van der Waals surface area contributed by atoms with Crippen molar-refractivity contribution in [2.45, 2.75) is 26.1 Å². The van der Waals surface area contributed by atoms with E-state index in [1.165, 1.54) is 25.5 Å². The number of urea groups is 1. The Balaban J connectivity index is 1.71. The number of nitro groups is 1. The zero-order valence-corrected chi connectivity index (χ0v) is 24.4. The number of methoxy groups -OCH3 is 1. The number of hydrogen-bond donors (Lipinski definition) is 4. The SMILES string of the molecule is C#CCOc1c(Br)cc(/C=N/N[C@@H](O)COc2ccc([C@@H]3NC(=O)NC(C)=C3C(=O)OC)cc2OCC)cc1[N+](=O)[O-]. The van der Waals surface area contributed by atoms with Crippen molar-refractivity contribution in [2.24, 2.45) is 5.10 Å². The number of carbonyl (C=O) groups is 2. The van der Waals surface area contributed by atoms with Crippen molar-refractivity contribution in [2.75, 3.05) is 26.9 Å². The molecule has 0 saturated heterocycles. The van der Waals surface area contributed by atoms with E-state index in [1.54, 1.807) is 32.0 Å². The summed E-state index contributed by atoms with van der Waals surface area (Å²) >= 11 is 3.23. The van der Waals surface area contributed by atoms with Gasteiger partial charge in [0.25, 0.3) is 0 Å². The van der Waals surface area contributed by atoms with Gasteiger partial charge in [0.05, 0.1) is 40.9 Å². The number of amides is 2. The van der Waals surface area contributed by atoms with Crippen LogP contribution in [0, 0.1) is 22.5 Å². The molecule has 0 unspecified atom stereocenters. The van der Waals surface area contributed by atoms with Crippen LogP contribution >= 0.6 is 15.9 Å². The first-order valence-corrected chi connectivity index (χ1v) is 13.2. The Labute approximate surface area is 249 Å². The highest BCUT2D eigenvalue weighted by atomic mass is 79.9. The minimum absolute atomic E-state index is 0.0113. The molecule has 222 valence electrons. The number of hydrogen-bond acceptors (Lipinski definition) is 11. The van der Waals surface area contributed by atoms with Crippen molar-refractivity contribution < 1.29 is 38.6 Å². The molecule has 2 aromatic carbocycles. The van der Waals surface area contributed by atoms with Gasteiger partial charge < -0.3 is 34.7 Å². The van der Waals surface area contributed by atoms with E-state index < -0.39 is 29.2 Å². The summed E-state index contributed by atoms with van der Waals surface area (Å²) in [5.74, 6) is 2.23. The summed E-state index contributed by atoms with van der Waals surface area (Å²) in [6.45, 7) is 3.26. The summed E-state index contributed by atoms with van der Waals surface area (Å²) in [7, 11) is 1.25. The fourth-order valence-electron chi connectivity index (χ4n) is 3.89. The van der Waals surface area contributed by atoms with Crippen LogP contribution in [0.4, 0.5) is 10.5 Å². The number of rotatable bonds is 13. The highest BCUT2D eigenvalue weighted by Gasteiger charge is 2.32. The number of terminal acetylenes is 1. The van der Waals surface area contributed by atoms with Gasteiger partial charge in [-0.2, -0.15) is 5.10 Å². The first kappa shape index (κ1) is 31.7. The monoisotopic (exact) mass is 645 g/mol. The minimum Gasteiger partial charge on any atom is -0.490 e. The van der Waals surface area contributed by atoms with Gasteiger partial charge in [-0.15, -0.1) is 6.42 Å². The van der Waals surface area contributed by atoms with E-state index in [-0.39, 0.29) is 42.6 Å². The molecule has 0 spiro atoms. The first-order valence-electron chi connectivity index (χ1n) is 12.4. The van der Waals surface area contributed by atoms with Gasteiger partial charge >= 0.3 is 17.7 Å². The Morgan fingerprint density at radius 2 is 2.07 bits per heavy atom. The lowest BCUT2D eigenvalue weighted by molar-refractivity contribution is -0.385. The van der Waals surface area contributed by atoms with Crippen molar-refractivity contribution in [1.82, 2.24) is 16.1 Å². The van der Waals surface area contributed by atoms with Gasteiger partial charge in [-0.3, -0.25) is 15.5 Å². The van der Waals surface area contributed by atoms with E-state index in [0.717, 1.165) is 0 Å². The molecule has 0 aromatic heterocycles. The third-order valence-electron chi connectivity index (χ3n) is 5.65. The third kappa shape index (κ3) is 7.89. The smallest absolute Gasteiger partial charge is 0.337 e. The topological polar surface area (TPSA) is 183 Å². The predicted molar refractivity (Wildman–Crippen MR) is 154 cm³/mol. The number of nitrogens with one attached hydrogen (secondary N) is 3. The second-order valence-corrected chi connectivity index (χ2v) is 9.37. The van der Waals surface area contributed by atoms with Gasteiger partial charge in [0, 0.05) is 17.3 Å². The number of nitrogens with zero attached hydrogens (tertiary/aromatic N) is 2. The Morgan fingerprint density at radius 1 is 1.31 bits per heavy atom. The molecular weight excluding hydrogens is 618 g/mol. The summed E-state index contributed by atoms with van der Waals surface area (Å²) in [5.41, 5.74) is 3.64. The van der Waals surface area contributed by atoms with Crippen LogP contribution in [0.3, 0.4) is 0 Å². The molecule has 0 saturated carbocycles. The lowest BCUT2D eigenvalue weighted by Gasteiger charge is -2.28. The number of esters is 1. The Hall–Kier alpha value is -4.81. The van der Waals surface area contributed by atoms with E-state index in [2.05, 4.69) is 43.0 Å². The molecule has 2 aromatic rings. The molecule has 42 heavy (non-hydrogen) atoms. The Morgan fingerprint density at radius 3 is 2.74 bits per heavy atom. The number of benzene rings is 2. The number of ether oxygens (including phenoxy) is 4. The largest absolute Gasteiger partial charge is 0.490 e. The molecule has 2 atom stereocenters. The van der Waals surface area contributed by atoms with E-state index in [0.29, 0.717) is 27.0 Å². The summed E-state index contributed by atoms with van der Waals surface area (Å²) in [4.78, 5) is 35.3. The maximum absolute atomic E-state index is 12.4. The van der Waals surface area contributed by atoms with Crippen LogP contribution in [0.2, 0.25) is 0 Å². The molecule has 0 radical (unpaired) electrons. The van der Waals surface area contributed by atoms with Crippen LogP contribution in [0.1, 0.15) is 31.0 Å². The molecule has 0 bridgehead atoms. The second kappa shape index (κ2) is 14.7. The average Bonchev–Trinajstić information content (AvgIpc) is 2.95. The van der Waals surface area contributed by atoms with Crippen LogP contribution in [-0.4, -0.2) is 61.4 Å². The maximum Gasteiger partial charge on any atom is 0.337 e. The van der Waals surface area contributed by atoms with Gasteiger partial charge in [-0.05, 0) is 53.5 Å². The fraction of sp³-hybridized carbons (Fsp3) is 0.296. The van der Waals surface area contributed by atoms with E-state index in [4.69, 9.17) is 25.4 Å². The number of allylic oxidation sites excluding steroid dienone is 1. The number of aliphatic hydroxyl groups is 1. The van der Waals surface area contributed by atoms with Gasteiger partial charge in [-0.25, -0.2) is 9.59 Å². The van der Waals surface area contributed by atoms with Crippen LogP contribution < -0.4 is 30.3 Å². The maximum atomic E-state index is 12.4. The molecule has 15 heteroatoms. The number of hydrazone groups is 1. The summed E-state index contributed by atoms with van der Waals surface area (Å²) in [6.07, 6.45) is 5.17. The van der Waals surface area contributed by atoms with E-state index >= 15 is 0 Å². The number of aliphatic hydroxyl groups excluding tert-OH is 1. The molecule has 2 amide bonds. The molecule has 0 aliphatic carbocycles. The summed E-state index contributed by atoms with van der Waals surface area (Å²) in [5, 5.41) is 31.0. The Bertz CT molecular complexity index is 1450. The van der Waals surface area contributed by atoms with Crippen LogP contribution in [0.25, 0.3) is 0 Å². The zero-order valence-electron chi connectivity index (χ0n) is 22.8. The number of nitro benzene ring substituents is 1. The van der Waals surface area contributed by atoms with Crippen molar-refractivity contribution >= 4 is 39.8 Å². The predicted octanol–water partition coefficient (Wildman–Crippen LogP) is 2.89. The summed E-state index contributed by atoms with van der Waals surface area (Å²) < 4.78 is 21.8. The quantitative estimate of drug-likeness (QED) is 0.0631. The van der Waals surface area contributed by atoms with Crippen molar-refractivity contribution in [3.63, 3.8) is 0 Å². The molecular formula is C27H28BrN5O9. The molecule has 1 aliphatic rings. The van der Waals surface area contributed by atoms with Gasteiger partial charge in [0.15, 0.2) is 17.7 Å². The van der Waals surface area contributed by atoms with Crippen molar-refractivity contribution in [3.8, 4) is 29.6 Å². The van der Waals surface area contributed by atoms with E-state index in [9.17, 15) is 24.8 Å². The molecule has 14 nitrogen and oxygen atoms in total. The molecule has 0 fully saturated rings. The Kier molecular flexibility index (Phi) is 11.1. The average molecular weight is 646 g/mol. The van der Waals surface area contributed by atoms with E-state index in [1.807, 2.05) is 0 Å². The second-order valence-electron chi connectivity index (χ2n) is 8.52. The van der Waals surface area contributed by atoms with Crippen molar-refractivity contribution in [1.29, 1.82) is 0 Å². The van der Waals surface area contributed by atoms with Gasteiger partial charge in [0.1, 0.15) is 13.2 Å². The lowest BCUT2D eigenvalue weighted by atomic mass is 9.95. The number of halogens is 1. The minimum atomic E-state index is -1.27. The highest BCUT2D eigenvalue weighted by Crippen LogP contribution is 2.36. The zero-order chi connectivity index (χ0) is 30.8. The molecule has 3 rings (SSSR count). The molecule has 1 aliphatic heterocycles. The standard InChI is InChI=1S/C27H28BrN5O9/c1-5-9-41-25-18(28)10-16(11-19(25)33(37)38)13-29-32-22(34)14-42-20-8-7-17(12-21(20)40-6-2)24-23(26(35)39-4)15(3)30-27(36)31-24/h1,7-8,10-13,22,24,32,34H,6,9,14H2,2-4H3,(H2,30,31,36)/b29-13+/t22-,24-/m0/s1. The first-order chi connectivity index (χ1) is 20.1. The van der Waals surface area contributed by atoms with Crippen LogP contribution in [0.5, 0.6) is 17.2 Å². The van der Waals surface area contributed by atoms with Crippen molar-refractivity contribution in [3.05, 3.63) is 67.3 Å². The van der Waals surface area contributed by atoms with Gasteiger partial charge in [-0.1, -0.05) is 12.0 Å². The third-order valence-corrected chi connectivity index (χ3v) is 6.24. The van der Waals surface area contributed by atoms with Gasteiger partial charge in [0.2, 0.25) is 5.75 Å². The fourth-order valence-corrected chi connectivity index (χ4v) is 4.47. The molecule has 1 heterocycles. The normalized spacial score (nSPS) is 15.2. The summed E-state index contributed by atoms with van der Waals surface area (Å²) in [6, 6.07) is 6.34. The highest BCUT2D eigenvalue weighted by molar-refractivity contribution is 9.10. The number of carbonyl (C=O) groups excluding carboxylic acids is 2.